The van der Waals surface area contributed by atoms with Gasteiger partial charge in [0.15, 0.2) is 6.10 Å². The molecular formula is C8H17N3O6S. The summed E-state index contributed by atoms with van der Waals surface area (Å²) < 4.78 is 24.0. The lowest BCUT2D eigenvalue weighted by Crippen LogP contribution is -2.40. The number of aliphatic hydroxyl groups is 1. The Morgan fingerprint density at radius 3 is 2.28 bits per heavy atom. The van der Waals surface area contributed by atoms with E-state index in [0.29, 0.717) is 0 Å². The second-order valence-electron chi connectivity index (χ2n) is 3.35. The van der Waals surface area contributed by atoms with Crippen molar-refractivity contribution in [1.29, 1.82) is 0 Å². The molecule has 18 heavy (non-hydrogen) atoms. The van der Waals surface area contributed by atoms with Gasteiger partial charge in [0.05, 0.1) is 5.75 Å². The van der Waals surface area contributed by atoms with Crippen LogP contribution in [0.5, 0.6) is 0 Å². The van der Waals surface area contributed by atoms with Crippen LogP contribution in [0, 0.1) is 0 Å². The van der Waals surface area contributed by atoms with Gasteiger partial charge >= 0.3 is 12.0 Å². The SMILES string of the molecule is CNS(=O)(=O)CCNC(=O)NCCC(O)C(=O)O. The molecule has 0 saturated carbocycles. The Morgan fingerprint density at radius 1 is 1.22 bits per heavy atom. The number of aliphatic hydroxyl groups excluding tert-OH is 1. The lowest BCUT2D eigenvalue weighted by Gasteiger charge is -2.09. The van der Waals surface area contributed by atoms with Crippen LogP contribution >= 0.6 is 0 Å². The number of hydrogen-bond acceptors (Lipinski definition) is 5. The maximum absolute atomic E-state index is 11.1. The first-order valence-electron chi connectivity index (χ1n) is 5.12. The highest BCUT2D eigenvalue weighted by Crippen LogP contribution is 1.89. The van der Waals surface area contributed by atoms with Crippen LogP contribution in [0.2, 0.25) is 0 Å². The minimum absolute atomic E-state index is 0.0297. The summed E-state index contributed by atoms with van der Waals surface area (Å²) in [7, 11) is -2.10. The minimum atomic E-state index is -3.37. The Hall–Kier alpha value is -1.39. The minimum Gasteiger partial charge on any atom is -0.479 e. The van der Waals surface area contributed by atoms with Crippen molar-refractivity contribution in [2.45, 2.75) is 12.5 Å². The Balaban J connectivity index is 3.70. The zero-order chi connectivity index (χ0) is 14.2. The molecule has 0 rings (SSSR count). The molecule has 10 heteroatoms. The predicted octanol–water partition coefficient (Wildman–Crippen LogP) is -2.33. The van der Waals surface area contributed by atoms with E-state index in [1.54, 1.807) is 0 Å². The molecule has 0 radical (unpaired) electrons. The number of carbonyl (C=O) groups excluding carboxylic acids is 1. The Kier molecular flexibility index (Phi) is 7.24. The van der Waals surface area contributed by atoms with Crippen molar-refractivity contribution in [2.24, 2.45) is 0 Å². The molecule has 106 valence electrons. The second-order valence-corrected chi connectivity index (χ2v) is 5.39. The first-order chi connectivity index (χ1) is 8.28. The molecule has 1 unspecified atom stereocenters. The fourth-order valence-electron chi connectivity index (χ4n) is 0.909. The fraction of sp³-hybridized carbons (Fsp3) is 0.750. The maximum atomic E-state index is 11.1. The number of amides is 2. The van der Waals surface area contributed by atoms with Crippen molar-refractivity contribution < 1.29 is 28.2 Å². The van der Waals surface area contributed by atoms with Crippen molar-refractivity contribution in [3.8, 4) is 0 Å². The van der Waals surface area contributed by atoms with Crippen LogP contribution in [-0.2, 0) is 14.8 Å². The van der Waals surface area contributed by atoms with Crippen molar-refractivity contribution in [3.63, 3.8) is 0 Å². The molecule has 0 aliphatic heterocycles. The van der Waals surface area contributed by atoms with Crippen molar-refractivity contribution in [3.05, 3.63) is 0 Å². The normalized spacial score (nSPS) is 12.8. The van der Waals surface area contributed by atoms with E-state index in [4.69, 9.17) is 10.2 Å². The Morgan fingerprint density at radius 2 is 1.78 bits per heavy atom. The summed E-state index contributed by atoms with van der Waals surface area (Å²) in [6.07, 6.45) is -1.66. The topological polar surface area (TPSA) is 145 Å². The third-order valence-corrected chi connectivity index (χ3v) is 3.32. The van der Waals surface area contributed by atoms with Gasteiger partial charge in [0.25, 0.3) is 0 Å². The van der Waals surface area contributed by atoms with E-state index in [1.165, 1.54) is 7.05 Å². The first-order valence-corrected chi connectivity index (χ1v) is 6.77. The third kappa shape index (κ3) is 7.81. The second kappa shape index (κ2) is 7.84. The van der Waals surface area contributed by atoms with E-state index < -0.39 is 28.1 Å². The summed E-state index contributed by atoms with van der Waals surface area (Å²) >= 11 is 0. The van der Waals surface area contributed by atoms with Crippen LogP contribution in [0.3, 0.4) is 0 Å². The zero-order valence-electron chi connectivity index (χ0n) is 9.84. The number of hydrogen-bond donors (Lipinski definition) is 5. The molecule has 0 heterocycles. The highest BCUT2D eigenvalue weighted by molar-refractivity contribution is 7.89. The molecule has 0 aliphatic carbocycles. The van der Waals surface area contributed by atoms with E-state index in [1.807, 2.05) is 0 Å². The summed E-state index contributed by atoms with van der Waals surface area (Å²) in [5, 5.41) is 21.8. The Labute approximate surface area is 105 Å². The summed E-state index contributed by atoms with van der Waals surface area (Å²) in [4.78, 5) is 21.3. The molecule has 2 amide bonds. The van der Waals surface area contributed by atoms with Gasteiger partial charge < -0.3 is 20.8 Å². The number of urea groups is 1. The van der Waals surface area contributed by atoms with Gasteiger partial charge in [-0.25, -0.2) is 22.7 Å². The highest BCUT2D eigenvalue weighted by atomic mass is 32.2. The van der Waals surface area contributed by atoms with Gasteiger partial charge in [0.2, 0.25) is 10.0 Å². The number of carbonyl (C=O) groups is 2. The Bertz CT molecular complexity index is 382. The number of sulfonamides is 1. The average molecular weight is 283 g/mol. The van der Waals surface area contributed by atoms with E-state index >= 15 is 0 Å². The molecule has 5 N–H and O–H groups in total. The standard InChI is InChI=1S/C8H17N3O6S/c1-9-18(16,17)5-4-11-8(15)10-3-2-6(12)7(13)14/h6,9,12H,2-5H2,1H3,(H,13,14)(H2,10,11,15). The molecule has 0 saturated heterocycles. The quantitative estimate of drug-likeness (QED) is 0.338. The molecule has 0 aromatic rings. The number of carboxylic acid groups (broad SMARTS) is 1. The lowest BCUT2D eigenvalue weighted by atomic mass is 10.2. The van der Waals surface area contributed by atoms with Gasteiger partial charge in [-0.2, -0.15) is 0 Å². The van der Waals surface area contributed by atoms with Gasteiger partial charge in [-0.15, -0.1) is 0 Å². The van der Waals surface area contributed by atoms with E-state index in [2.05, 4.69) is 15.4 Å². The number of nitrogens with one attached hydrogen (secondary N) is 3. The smallest absolute Gasteiger partial charge is 0.332 e. The van der Waals surface area contributed by atoms with Crippen molar-refractivity contribution >= 4 is 22.0 Å². The monoisotopic (exact) mass is 283 g/mol. The summed E-state index contributed by atoms with van der Waals surface area (Å²) in [6, 6.07) is -0.626. The van der Waals surface area contributed by atoms with Crippen molar-refractivity contribution in [2.75, 3.05) is 25.9 Å². The molecule has 1 atom stereocenters. The summed E-state index contributed by atoms with van der Waals surface area (Å²) in [5.41, 5.74) is 0. The van der Waals surface area contributed by atoms with Gasteiger partial charge in [-0.3, -0.25) is 0 Å². The van der Waals surface area contributed by atoms with Crippen molar-refractivity contribution in [1.82, 2.24) is 15.4 Å². The highest BCUT2D eigenvalue weighted by Gasteiger charge is 2.13. The van der Waals surface area contributed by atoms with Crippen LogP contribution in [0.1, 0.15) is 6.42 Å². The van der Waals surface area contributed by atoms with Gasteiger partial charge in [-0.05, 0) is 7.05 Å². The number of rotatable bonds is 8. The van der Waals surface area contributed by atoms with Gasteiger partial charge in [0, 0.05) is 19.5 Å². The molecular weight excluding hydrogens is 266 g/mol. The van der Waals surface area contributed by atoms with Crippen LogP contribution in [0.25, 0.3) is 0 Å². The number of carboxylic acids is 1. The van der Waals surface area contributed by atoms with E-state index in [9.17, 15) is 18.0 Å². The van der Waals surface area contributed by atoms with Gasteiger partial charge in [-0.1, -0.05) is 0 Å². The van der Waals surface area contributed by atoms with Crippen LogP contribution < -0.4 is 15.4 Å². The number of aliphatic carboxylic acids is 1. The lowest BCUT2D eigenvalue weighted by molar-refractivity contribution is -0.146. The molecule has 0 aromatic heterocycles. The first kappa shape index (κ1) is 16.6. The molecule has 0 aromatic carbocycles. The summed E-state index contributed by atoms with van der Waals surface area (Å²) in [6.45, 7) is -0.103. The fourth-order valence-corrected chi connectivity index (χ4v) is 1.48. The van der Waals surface area contributed by atoms with Crippen LogP contribution in [0.4, 0.5) is 4.79 Å². The maximum Gasteiger partial charge on any atom is 0.332 e. The zero-order valence-corrected chi connectivity index (χ0v) is 10.7. The molecule has 0 fully saturated rings. The molecule has 0 aliphatic rings. The van der Waals surface area contributed by atoms with Crippen LogP contribution in [-0.4, -0.2) is 62.6 Å². The summed E-state index contributed by atoms with van der Waals surface area (Å²) in [5.74, 6) is -1.62. The van der Waals surface area contributed by atoms with E-state index in [-0.39, 0.29) is 25.3 Å². The van der Waals surface area contributed by atoms with E-state index in [0.717, 1.165) is 0 Å². The molecule has 0 spiro atoms. The molecule has 9 nitrogen and oxygen atoms in total. The predicted molar refractivity (Wildman–Crippen MR) is 62.5 cm³/mol. The third-order valence-electron chi connectivity index (χ3n) is 1.96. The molecule has 0 bridgehead atoms. The van der Waals surface area contributed by atoms with Crippen LogP contribution in [0.15, 0.2) is 0 Å². The largest absolute Gasteiger partial charge is 0.479 e. The van der Waals surface area contributed by atoms with Gasteiger partial charge in [0.1, 0.15) is 0 Å². The average Bonchev–Trinajstić information content (AvgIpc) is 2.28.